The van der Waals surface area contributed by atoms with Crippen LogP contribution in [0, 0.1) is 30.6 Å². The summed E-state index contributed by atoms with van der Waals surface area (Å²) in [5, 5.41) is 67.3. The van der Waals surface area contributed by atoms with Crippen LogP contribution in [0.25, 0.3) is 5.69 Å². The number of ketones is 1. The van der Waals surface area contributed by atoms with Gasteiger partial charge in [0.15, 0.2) is 18.4 Å². The lowest BCUT2D eigenvalue weighted by molar-refractivity contribution is -0.318. The fraction of sp³-hybridized carbons (Fsp3) is 0.685. The van der Waals surface area contributed by atoms with E-state index in [1.165, 1.54) is 27.9 Å². The zero-order chi connectivity index (χ0) is 54.9. The van der Waals surface area contributed by atoms with E-state index < -0.39 is 108 Å². The van der Waals surface area contributed by atoms with Crippen LogP contribution < -0.4 is 0 Å². The molecule has 1 aromatic heterocycles. The van der Waals surface area contributed by atoms with Crippen molar-refractivity contribution in [1.29, 1.82) is 0 Å². The van der Waals surface area contributed by atoms with Crippen LogP contribution in [-0.2, 0) is 44.6 Å². The van der Waals surface area contributed by atoms with Crippen LogP contribution in [-0.4, -0.2) is 168 Å². The average molecular weight is 1080 g/mol. The van der Waals surface area contributed by atoms with Crippen LogP contribution in [0.3, 0.4) is 0 Å². The Labute approximate surface area is 445 Å². The first-order valence-corrected chi connectivity index (χ1v) is 26.4. The van der Waals surface area contributed by atoms with Crippen molar-refractivity contribution in [1.82, 2.24) is 19.7 Å². The molecule has 0 bridgehead atoms. The Morgan fingerprint density at radius 1 is 0.878 bits per heavy atom. The number of aliphatic hydroxyl groups excluding tert-OH is 3. The predicted octanol–water partition coefficient (Wildman–Crippen LogP) is 6.02. The molecule has 20 heteroatoms. The number of methoxy groups -OCH3 is 1. The van der Waals surface area contributed by atoms with Crippen molar-refractivity contribution in [2.24, 2.45) is 28.7 Å². The maximum atomic E-state index is 14.1. The zero-order valence-corrected chi connectivity index (χ0v) is 46.7. The van der Waals surface area contributed by atoms with Gasteiger partial charge in [-0.2, -0.15) is 0 Å². The Morgan fingerprint density at radius 3 is 2.19 bits per heavy atom. The number of aliphatic hydroxyl groups is 5. The predicted molar refractivity (Wildman–Crippen MR) is 278 cm³/mol. The van der Waals surface area contributed by atoms with Gasteiger partial charge < -0.3 is 58.9 Å². The minimum absolute atomic E-state index is 0.0936. The lowest BCUT2D eigenvalue weighted by atomic mass is 9.74. The molecule has 7 rings (SSSR count). The number of hydrogen-bond donors (Lipinski definition) is 5. The minimum Gasteiger partial charge on any atom is -0.459 e. The second-order valence-corrected chi connectivity index (χ2v) is 22.6. The number of Topliss-reactive ketones (excluding diaryl/α,β-unsaturated/α-hetero) is 1. The van der Waals surface area contributed by atoms with Crippen LogP contribution in [0.4, 0.5) is 0 Å². The summed E-state index contributed by atoms with van der Waals surface area (Å²) in [6.07, 6.45) is -9.71. The number of aliphatic imine (C=N–C) groups is 1. The number of esters is 1. The number of aryl methyl sites for hydroxylation is 1. The van der Waals surface area contributed by atoms with E-state index in [1.807, 2.05) is 79.9 Å². The van der Waals surface area contributed by atoms with Gasteiger partial charge in [-0.25, -0.2) is 0 Å². The van der Waals surface area contributed by atoms with Gasteiger partial charge in [0.05, 0.1) is 59.0 Å². The maximum absolute atomic E-state index is 14.1. The third kappa shape index (κ3) is 12.6. The molecule has 2 aromatic carbocycles. The van der Waals surface area contributed by atoms with E-state index in [2.05, 4.69) is 10.2 Å². The number of hydrogen-bond acceptors (Lipinski definition) is 17. The lowest BCUT2D eigenvalue weighted by Crippen LogP contribution is -2.61. The number of nitrogens with zero attached hydrogens (tertiary/aromatic N) is 5. The van der Waals surface area contributed by atoms with E-state index >= 15 is 0 Å². The maximum Gasteiger partial charge on any atom is 0.311 e. The second-order valence-electron chi connectivity index (χ2n) is 21.8. The molecule has 18 atom stereocenters. The number of aromatic nitrogens is 3. The molecule has 0 spiro atoms. The van der Waals surface area contributed by atoms with Gasteiger partial charge in [-0.1, -0.05) is 69.1 Å². The highest BCUT2D eigenvalue weighted by molar-refractivity contribution is 6.36. The van der Waals surface area contributed by atoms with E-state index in [4.69, 9.17) is 56.6 Å². The summed E-state index contributed by atoms with van der Waals surface area (Å²) in [5.74, 6) is -3.36. The van der Waals surface area contributed by atoms with Gasteiger partial charge in [-0.3, -0.25) is 19.1 Å². The quantitative estimate of drug-likeness (QED) is 0.162. The van der Waals surface area contributed by atoms with Gasteiger partial charge in [0.1, 0.15) is 42.1 Å². The lowest BCUT2D eigenvalue weighted by Gasteiger charge is -2.49. The number of halogens is 2. The molecule has 4 aliphatic rings. The molecule has 3 saturated heterocycles. The summed E-state index contributed by atoms with van der Waals surface area (Å²) >= 11 is 12.6. The summed E-state index contributed by atoms with van der Waals surface area (Å²) < 4.78 is 39.1. The molecule has 0 unspecified atom stereocenters. The average Bonchev–Trinajstić information content (AvgIpc) is 3.63. The molecular formula is C54H79Cl2N5O13. The van der Waals surface area contributed by atoms with E-state index in [0.717, 1.165) is 34.2 Å². The van der Waals surface area contributed by atoms with E-state index in [1.54, 1.807) is 41.5 Å². The topological polar surface area (TPSA) is 237 Å². The fourth-order valence-electron chi connectivity index (χ4n) is 11.2. The van der Waals surface area contributed by atoms with Crippen LogP contribution in [0.2, 0.25) is 10.0 Å². The molecule has 5 heterocycles. The van der Waals surface area contributed by atoms with Gasteiger partial charge in [0.25, 0.3) is 0 Å². The Morgan fingerprint density at radius 2 is 1.55 bits per heavy atom. The van der Waals surface area contributed by atoms with Crippen molar-refractivity contribution in [3.05, 3.63) is 75.3 Å². The minimum atomic E-state index is -1.99. The molecule has 0 amide bonds. The van der Waals surface area contributed by atoms with Crippen LogP contribution >= 0.6 is 23.2 Å². The Balaban J connectivity index is 0.000000318. The Bertz CT molecular complexity index is 2460. The number of rotatable bonds is 8. The molecule has 0 saturated carbocycles. The number of ether oxygens (including phenoxy) is 6. The normalized spacial score (nSPS) is 38.4. The molecule has 74 heavy (non-hydrogen) atoms. The summed E-state index contributed by atoms with van der Waals surface area (Å²) in [6, 6.07) is 13.1. The second kappa shape index (κ2) is 24.0. The first-order chi connectivity index (χ1) is 34.6. The third-order valence-corrected chi connectivity index (χ3v) is 16.2. The largest absolute Gasteiger partial charge is 0.459 e. The highest BCUT2D eigenvalue weighted by Crippen LogP contribution is 2.41. The van der Waals surface area contributed by atoms with Gasteiger partial charge >= 0.3 is 5.97 Å². The van der Waals surface area contributed by atoms with Crippen molar-refractivity contribution >= 4 is 40.7 Å². The highest BCUT2D eigenvalue weighted by Gasteiger charge is 2.53. The molecule has 0 aliphatic carbocycles. The standard InChI is InChI=1S/C37H67NO13.C17H12Cl2N4/c1-14-25-37(10,45)30(41)20(4)27(39)18(2)16-35(8,44)32(51-34-28(40)24(38(11)12)15-19(3)47-34)21(5)29(22(6)33(43)49-25)50-26-17-36(9,46-13)31(42)23(7)48-26;1-10-21-22-16-9-20-17(12-4-2-3-5-14(12)19)13-8-11(18)6-7-15(13)23(10)16/h18-26,28-32,34,40-42,44-45H,14-17H2,1-13H3;2-8H,9H2,1H3/t18-,19-,20+,21+,22-,23+,24+,25-,26+,28-,29+,30-,31+,32-,34+,35-,36-,37-;/m1./s1. The molecule has 412 valence electrons. The molecule has 18 nitrogen and oxygen atoms in total. The van der Waals surface area contributed by atoms with Crippen molar-refractivity contribution in [3.8, 4) is 5.69 Å². The van der Waals surface area contributed by atoms with Gasteiger partial charge in [0, 0.05) is 58.5 Å². The Kier molecular flexibility index (Phi) is 19.4. The third-order valence-electron chi connectivity index (χ3n) is 15.7. The molecular weight excluding hydrogens is 998 g/mol. The van der Waals surface area contributed by atoms with Crippen molar-refractivity contribution in [3.63, 3.8) is 0 Å². The molecule has 5 N–H and O–H groups in total. The van der Waals surface area contributed by atoms with Crippen molar-refractivity contribution in [2.45, 2.75) is 193 Å². The van der Waals surface area contributed by atoms with Gasteiger partial charge in [-0.15, -0.1) is 10.2 Å². The fourth-order valence-corrected chi connectivity index (χ4v) is 11.6. The van der Waals surface area contributed by atoms with Crippen LogP contribution in [0.15, 0.2) is 47.5 Å². The monoisotopic (exact) mass is 1080 g/mol. The number of carbonyl (C=O) groups excluding carboxylic acids is 2. The van der Waals surface area contributed by atoms with Crippen molar-refractivity contribution in [2.75, 3.05) is 21.2 Å². The van der Waals surface area contributed by atoms with Crippen LogP contribution in [0.1, 0.15) is 118 Å². The van der Waals surface area contributed by atoms with Crippen molar-refractivity contribution < 1.29 is 63.5 Å². The summed E-state index contributed by atoms with van der Waals surface area (Å²) in [6.45, 7) is 18.7. The van der Waals surface area contributed by atoms with E-state index in [0.29, 0.717) is 23.0 Å². The number of cyclic esters (lactones) is 1. The summed E-state index contributed by atoms with van der Waals surface area (Å²) in [5.41, 5.74) is -1.25. The van der Waals surface area contributed by atoms with Gasteiger partial charge in [-0.05, 0) is 106 Å². The number of likely N-dealkylation sites (N-methyl/N-ethyl adjacent to an activating group) is 1. The zero-order valence-electron chi connectivity index (χ0n) is 45.2. The molecule has 4 aliphatic heterocycles. The molecule has 3 aromatic rings. The highest BCUT2D eigenvalue weighted by atomic mass is 35.5. The number of benzene rings is 2. The summed E-state index contributed by atoms with van der Waals surface area (Å²) in [4.78, 5) is 34.5. The van der Waals surface area contributed by atoms with E-state index in [9.17, 15) is 35.1 Å². The van der Waals surface area contributed by atoms with Gasteiger partial charge in [0.2, 0.25) is 0 Å². The Hall–Kier alpha value is -3.47. The first-order valence-electron chi connectivity index (χ1n) is 25.6. The smallest absolute Gasteiger partial charge is 0.311 e. The number of fused-ring (bicyclic) bond motifs is 3. The van der Waals surface area contributed by atoms with Crippen LogP contribution in [0.5, 0.6) is 0 Å². The summed E-state index contributed by atoms with van der Waals surface area (Å²) in [7, 11) is 5.18. The molecule has 0 radical (unpaired) electrons. The molecule has 3 fully saturated rings. The SMILES string of the molecule is CC[C@H]1OC(=O)[C@H](C)[C@@H](O[C@H]2C[C@@](C)(OC)[C@@H](O)[C@H](C)O2)[C@H](C)[C@@H](O[C@@H]2O[C@H](C)C[C@H](N(C)C)[C@H]2O)[C@](C)(O)C[C@@H](C)C(=O)[C@H](C)[C@@H](O)[C@]1(C)O.Cc1nnc2n1-c1ccc(Cl)cc1C(c1ccccc1Cl)=NC2. The first kappa shape index (κ1) is 59.8. The van der Waals surface area contributed by atoms with E-state index in [-0.39, 0.29) is 31.4 Å². The number of carbonyl (C=O) groups is 2.